The molecule has 2 aromatic heterocycles. The second-order valence-electron chi connectivity index (χ2n) is 6.82. The first-order valence-electron chi connectivity index (χ1n) is 8.42. The van der Waals surface area contributed by atoms with Crippen LogP contribution in [0.25, 0.3) is 0 Å². The first-order chi connectivity index (χ1) is 12.0. The summed E-state index contributed by atoms with van der Waals surface area (Å²) in [5, 5.41) is 9.68. The lowest BCUT2D eigenvalue weighted by molar-refractivity contribution is 0.0646. The molecule has 2 aromatic rings. The second-order valence-corrected chi connectivity index (χ2v) is 6.82. The molecular weight excluding hydrogens is 318 g/mol. The number of likely N-dealkylation sites (tertiary alicyclic amines) is 1. The fraction of sp³-hybridized carbons (Fsp3) is 0.444. The summed E-state index contributed by atoms with van der Waals surface area (Å²) in [5.41, 5.74) is 2.53. The summed E-state index contributed by atoms with van der Waals surface area (Å²) < 4.78 is 0. The molecule has 1 saturated heterocycles. The highest BCUT2D eigenvalue weighted by molar-refractivity contribution is 5.96. The van der Waals surface area contributed by atoms with Gasteiger partial charge in [-0.3, -0.25) is 19.7 Å². The predicted molar refractivity (Wildman–Crippen MR) is 93.4 cm³/mol. The van der Waals surface area contributed by atoms with E-state index in [1.807, 2.05) is 11.8 Å². The Bertz CT molecular complexity index is 800. The van der Waals surface area contributed by atoms with Crippen LogP contribution in [0.1, 0.15) is 51.7 Å². The molecule has 132 valence electrons. The van der Waals surface area contributed by atoms with Gasteiger partial charge in [-0.25, -0.2) is 0 Å². The zero-order valence-electron chi connectivity index (χ0n) is 14.8. The largest absolute Gasteiger partial charge is 0.355 e. The molecule has 1 aliphatic heterocycles. The Hall–Kier alpha value is -2.70. The minimum absolute atomic E-state index is 0.00633. The summed E-state index contributed by atoms with van der Waals surface area (Å²) in [5.74, 6) is -0.162. The summed E-state index contributed by atoms with van der Waals surface area (Å²) in [6, 6.07) is 1.76. The van der Waals surface area contributed by atoms with Gasteiger partial charge in [0, 0.05) is 43.5 Å². The number of nitrogens with zero attached hydrogens (tertiary/aromatic N) is 3. The van der Waals surface area contributed by atoms with Crippen molar-refractivity contribution in [2.75, 3.05) is 20.1 Å². The van der Waals surface area contributed by atoms with Crippen LogP contribution in [-0.4, -0.2) is 52.0 Å². The number of hydrogen-bond acceptors (Lipinski definition) is 4. The zero-order chi connectivity index (χ0) is 18.0. The van der Waals surface area contributed by atoms with Crippen molar-refractivity contribution in [1.29, 1.82) is 0 Å². The lowest BCUT2D eigenvalue weighted by Crippen LogP contribution is -2.48. The van der Waals surface area contributed by atoms with Crippen molar-refractivity contribution < 1.29 is 9.59 Å². The summed E-state index contributed by atoms with van der Waals surface area (Å²) >= 11 is 0. The van der Waals surface area contributed by atoms with Gasteiger partial charge in [-0.05, 0) is 31.4 Å². The second kappa shape index (κ2) is 6.66. The van der Waals surface area contributed by atoms with Crippen molar-refractivity contribution in [3.63, 3.8) is 0 Å². The Labute approximate surface area is 146 Å². The van der Waals surface area contributed by atoms with Crippen LogP contribution in [0, 0.1) is 6.92 Å². The number of hydrogen-bond donors (Lipinski definition) is 2. The lowest BCUT2D eigenvalue weighted by Gasteiger charge is -2.40. The molecule has 2 N–H and O–H groups in total. The molecule has 2 amide bonds. The molecule has 1 unspecified atom stereocenters. The molecule has 0 radical (unpaired) electrons. The van der Waals surface area contributed by atoms with Gasteiger partial charge in [0.15, 0.2) is 0 Å². The zero-order valence-corrected chi connectivity index (χ0v) is 14.8. The van der Waals surface area contributed by atoms with Gasteiger partial charge in [-0.2, -0.15) is 5.10 Å². The molecule has 1 fully saturated rings. The first-order valence-corrected chi connectivity index (χ1v) is 8.42. The number of amides is 2. The molecule has 25 heavy (non-hydrogen) atoms. The number of nitrogens with one attached hydrogen (secondary N) is 2. The number of carbonyl (C=O) groups excluding carboxylic acids is 2. The number of H-pyrrole nitrogens is 1. The highest BCUT2D eigenvalue weighted by atomic mass is 16.2. The van der Waals surface area contributed by atoms with Crippen molar-refractivity contribution in [3.8, 4) is 0 Å². The summed E-state index contributed by atoms with van der Waals surface area (Å²) in [6.45, 7) is 5.22. The maximum atomic E-state index is 12.9. The van der Waals surface area contributed by atoms with Gasteiger partial charge < -0.3 is 10.2 Å². The van der Waals surface area contributed by atoms with Crippen molar-refractivity contribution in [2.45, 2.75) is 32.1 Å². The Morgan fingerprint density at radius 1 is 1.32 bits per heavy atom. The van der Waals surface area contributed by atoms with E-state index in [0.717, 1.165) is 24.1 Å². The van der Waals surface area contributed by atoms with Gasteiger partial charge >= 0.3 is 0 Å². The number of pyridine rings is 1. The monoisotopic (exact) mass is 341 g/mol. The molecule has 0 spiro atoms. The number of aromatic amines is 1. The summed E-state index contributed by atoms with van der Waals surface area (Å²) in [6.07, 6.45) is 6.65. The van der Waals surface area contributed by atoms with Gasteiger partial charge in [0.2, 0.25) is 0 Å². The van der Waals surface area contributed by atoms with E-state index in [-0.39, 0.29) is 17.2 Å². The number of aromatic nitrogens is 3. The molecule has 0 aliphatic carbocycles. The third-order valence-electron chi connectivity index (χ3n) is 4.95. The van der Waals surface area contributed by atoms with Gasteiger partial charge in [0.05, 0.1) is 17.5 Å². The predicted octanol–water partition coefficient (Wildman–Crippen LogP) is 1.67. The van der Waals surface area contributed by atoms with E-state index >= 15 is 0 Å². The minimum Gasteiger partial charge on any atom is -0.355 e. The van der Waals surface area contributed by atoms with Crippen molar-refractivity contribution in [2.24, 2.45) is 0 Å². The Morgan fingerprint density at radius 3 is 2.84 bits per heavy atom. The fourth-order valence-electron chi connectivity index (χ4n) is 3.55. The standard InChI is InChI=1S/C18H23N5O2/c1-12-9-20-7-5-13(12)17(25)23-8-4-6-18(2,11-23)15-14(10-21-22-15)16(24)19-3/h5,7,9-10H,4,6,8,11H2,1-3H3,(H,19,24)(H,21,22). The van der Waals surface area contributed by atoms with Crippen molar-refractivity contribution in [3.05, 3.63) is 47.0 Å². The molecule has 0 aromatic carbocycles. The average Bonchev–Trinajstić information content (AvgIpc) is 3.12. The first kappa shape index (κ1) is 17.1. The number of aryl methyl sites for hydroxylation is 1. The van der Waals surface area contributed by atoms with Crippen LogP contribution in [0.3, 0.4) is 0 Å². The van der Waals surface area contributed by atoms with Crippen LogP contribution < -0.4 is 5.32 Å². The molecule has 3 heterocycles. The van der Waals surface area contributed by atoms with Crippen molar-refractivity contribution >= 4 is 11.8 Å². The van der Waals surface area contributed by atoms with E-state index in [4.69, 9.17) is 0 Å². The smallest absolute Gasteiger partial charge is 0.254 e. The quantitative estimate of drug-likeness (QED) is 0.888. The van der Waals surface area contributed by atoms with Crippen LogP contribution in [0.4, 0.5) is 0 Å². The lowest BCUT2D eigenvalue weighted by atomic mass is 9.77. The Morgan fingerprint density at radius 2 is 2.12 bits per heavy atom. The molecule has 7 heteroatoms. The molecular formula is C18H23N5O2. The normalized spacial score (nSPS) is 20.4. The van der Waals surface area contributed by atoms with E-state index in [2.05, 4.69) is 27.4 Å². The SMILES string of the molecule is CNC(=O)c1cn[nH]c1C1(C)CCCN(C(=O)c2ccncc2C)C1. The maximum Gasteiger partial charge on any atom is 0.254 e. The van der Waals surface area contributed by atoms with Crippen molar-refractivity contribution in [1.82, 2.24) is 25.4 Å². The van der Waals surface area contributed by atoms with E-state index < -0.39 is 0 Å². The number of rotatable bonds is 3. The maximum absolute atomic E-state index is 12.9. The molecule has 0 bridgehead atoms. The molecule has 0 saturated carbocycles. The summed E-state index contributed by atoms with van der Waals surface area (Å²) in [7, 11) is 1.60. The molecule has 7 nitrogen and oxygen atoms in total. The highest BCUT2D eigenvalue weighted by Crippen LogP contribution is 2.35. The van der Waals surface area contributed by atoms with Crippen LogP contribution in [0.2, 0.25) is 0 Å². The Balaban J connectivity index is 1.88. The van der Waals surface area contributed by atoms with E-state index in [9.17, 15) is 9.59 Å². The highest BCUT2D eigenvalue weighted by Gasteiger charge is 2.38. The van der Waals surface area contributed by atoms with Gasteiger partial charge in [0.1, 0.15) is 0 Å². The average molecular weight is 341 g/mol. The Kier molecular flexibility index (Phi) is 4.57. The van der Waals surface area contributed by atoms with E-state index in [1.54, 1.807) is 31.7 Å². The van der Waals surface area contributed by atoms with Crippen LogP contribution >= 0.6 is 0 Å². The fourth-order valence-corrected chi connectivity index (χ4v) is 3.55. The molecule has 1 atom stereocenters. The van der Waals surface area contributed by atoms with Gasteiger partial charge in [-0.1, -0.05) is 6.92 Å². The third-order valence-corrected chi connectivity index (χ3v) is 4.95. The van der Waals surface area contributed by atoms with Crippen LogP contribution in [0.15, 0.2) is 24.7 Å². The number of piperidine rings is 1. The van der Waals surface area contributed by atoms with Crippen LogP contribution in [-0.2, 0) is 5.41 Å². The van der Waals surface area contributed by atoms with Gasteiger partial charge in [-0.15, -0.1) is 0 Å². The molecule has 1 aliphatic rings. The van der Waals surface area contributed by atoms with Crippen LogP contribution in [0.5, 0.6) is 0 Å². The third kappa shape index (κ3) is 3.14. The number of carbonyl (C=O) groups is 2. The summed E-state index contributed by atoms with van der Waals surface area (Å²) in [4.78, 5) is 31.0. The van der Waals surface area contributed by atoms with Gasteiger partial charge in [0.25, 0.3) is 11.8 Å². The topological polar surface area (TPSA) is 91.0 Å². The van der Waals surface area contributed by atoms with E-state index in [1.165, 1.54) is 0 Å². The van der Waals surface area contributed by atoms with E-state index in [0.29, 0.717) is 24.2 Å². The molecule has 3 rings (SSSR count). The minimum atomic E-state index is -0.340.